The summed E-state index contributed by atoms with van der Waals surface area (Å²) in [5.41, 5.74) is 3.53. The van der Waals surface area contributed by atoms with Crippen molar-refractivity contribution in [3.8, 4) is 5.75 Å². The van der Waals surface area contributed by atoms with Gasteiger partial charge in [0, 0.05) is 5.56 Å². The van der Waals surface area contributed by atoms with Crippen molar-refractivity contribution in [3.63, 3.8) is 0 Å². The quantitative estimate of drug-likeness (QED) is 0.621. The maximum absolute atomic E-state index is 10.9. The molecule has 1 aromatic rings. The highest BCUT2D eigenvalue weighted by molar-refractivity contribution is 5.50. The summed E-state index contributed by atoms with van der Waals surface area (Å²) in [7, 11) is 1.71. The Balaban J connectivity index is 2.13. The van der Waals surface area contributed by atoms with Crippen LogP contribution in [0, 0.1) is 0 Å². The highest BCUT2D eigenvalue weighted by atomic mass is 16.5. The molecule has 0 bridgehead atoms. The van der Waals surface area contributed by atoms with Crippen molar-refractivity contribution in [2.75, 3.05) is 7.11 Å². The van der Waals surface area contributed by atoms with E-state index in [1.165, 1.54) is 24.0 Å². The smallest absolute Gasteiger partial charge is 0.235 e. The third-order valence-corrected chi connectivity index (χ3v) is 4.86. The standard InChI is InChI=1S/C17H21NO2/c1-20-16-11-14-7-3-2-6-13(14)10-15(16)17(18-12-19)8-4-5-9-17/h10-11H,2-9H2,1H3. The van der Waals surface area contributed by atoms with E-state index in [0.29, 0.717) is 0 Å². The van der Waals surface area contributed by atoms with E-state index in [9.17, 15) is 4.79 Å². The molecule has 0 aromatic heterocycles. The van der Waals surface area contributed by atoms with Gasteiger partial charge in [-0.15, -0.1) is 0 Å². The van der Waals surface area contributed by atoms with Gasteiger partial charge in [0.1, 0.15) is 11.3 Å². The lowest BCUT2D eigenvalue weighted by molar-refractivity contribution is 0.378. The molecule has 20 heavy (non-hydrogen) atoms. The van der Waals surface area contributed by atoms with Gasteiger partial charge in [0.25, 0.3) is 0 Å². The second kappa shape index (κ2) is 5.41. The molecule has 1 saturated carbocycles. The number of aliphatic imine (C=N–C) groups is 1. The lowest BCUT2D eigenvalue weighted by Crippen LogP contribution is -2.21. The molecule has 1 aromatic carbocycles. The molecule has 2 aliphatic carbocycles. The van der Waals surface area contributed by atoms with Crippen molar-refractivity contribution in [2.24, 2.45) is 4.99 Å². The van der Waals surface area contributed by atoms with Crippen LogP contribution in [-0.2, 0) is 23.2 Å². The maximum Gasteiger partial charge on any atom is 0.235 e. The normalized spacial score (nSPS) is 20.1. The van der Waals surface area contributed by atoms with E-state index in [4.69, 9.17) is 4.74 Å². The molecule has 0 saturated heterocycles. The average molecular weight is 271 g/mol. The number of carbonyl (C=O) groups excluding carboxylic acids is 1. The van der Waals surface area contributed by atoms with Crippen LogP contribution in [0.4, 0.5) is 0 Å². The molecule has 0 radical (unpaired) electrons. The maximum atomic E-state index is 10.9. The van der Waals surface area contributed by atoms with Crippen molar-refractivity contribution in [3.05, 3.63) is 28.8 Å². The Bertz CT molecular complexity index is 552. The molecule has 0 heterocycles. The fraction of sp³-hybridized carbons (Fsp3) is 0.588. The second-order valence-electron chi connectivity index (χ2n) is 5.97. The van der Waals surface area contributed by atoms with E-state index < -0.39 is 0 Å². The minimum Gasteiger partial charge on any atom is -0.496 e. The second-order valence-corrected chi connectivity index (χ2v) is 5.97. The predicted molar refractivity (Wildman–Crippen MR) is 77.9 cm³/mol. The Morgan fingerprint density at radius 3 is 2.35 bits per heavy atom. The largest absolute Gasteiger partial charge is 0.496 e. The summed E-state index contributed by atoms with van der Waals surface area (Å²) < 4.78 is 5.61. The van der Waals surface area contributed by atoms with Gasteiger partial charge < -0.3 is 4.74 Å². The number of hydrogen-bond acceptors (Lipinski definition) is 3. The third-order valence-electron chi connectivity index (χ3n) is 4.86. The summed E-state index contributed by atoms with van der Waals surface area (Å²) >= 11 is 0. The van der Waals surface area contributed by atoms with Crippen LogP contribution in [0.15, 0.2) is 17.1 Å². The van der Waals surface area contributed by atoms with Crippen LogP contribution in [0.3, 0.4) is 0 Å². The van der Waals surface area contributed by atoms with Crippen LogP contribution < -0.4 is 4.74 Å². The highest BCUT2D eigenvalue weighted by Gasteiger charge is 2.38. The van der Waals surface area contributed by atoms with Crippen LogP contribution >= 0.6 is 0 Å². The Labute approximate surface area is 120 Å². The zero-order valence-electron chi connectivity index (χ0n) is 12.1. The van der Waals surface area contributed by atoms with Crippen molar-refractivity contribution < 1.29 is 9.53 Å². The van der Waals surface area contributed by atoms with Gasteiger partial charge in [0.05, 0.1) is 7.11 Å². The van der Waals surface area contributed by atoms with Gasteiger partial charge >= 0.3 is 0 Å². The number of fused-ring (bicyclic) bond motifs is 1. The summed E-state index contributed by atoms with van der Waals surface area (Å²) in [6.07, 6.45) is 10.7. The van der Waals surface area contributed by atoms with Gasteiger partial charge in [0.2, 0.25) is 6.08 Å². The molecule has 0 aliphatic heterocycles. The lowest BCUT2D eigenvalue weighted by atomic mass is 9.82. The highest BCUT2D eigenvalue weighted by Crippen LogP contribution is 2.47. The van der Waals surface area contributed by atoms with E-state index in [1.54, 1.807) is 13.2 Å². The molecule has 2 aliphatic rings. The molecule has 106 valence electrons. The first-order valence-corrected chi connectivity index (χ1v) is 7.58. The Morgan fingerprint density at radius 1 is 1.10 bits per heavy atom. The number of aryl methyl sites for hydroxylation is 2. The number of ether oxygens (including phenoxy) is 1. The summed E-state index contributed by atoms with van der Waals surface area (Å²) in [5, 5.41) is 0. The van der Waals surface area contributed by atoms with Crippen LogP contribution in [0.1, 0.15) is 55.2 Å². The van der Waals surface area contributed by atoms with Gasteiger partial charge in [-0.1, -0.05) is 12.8 Å². The van der Waals surface area contributed by atoms with Crippen LogP contribution in [0.2, 0.25) is 0 Å². The summed E-state index contributed by atoms with van der Waals surface area (Å²) in [5.74, 6) is 0.895. The van der Waals surface area contributed by atoms with Crippen molar-refractivity contribution in [1.82, 2.24) is 0 Å². The van der Waals surface area contributed by atoms with E-state index in [-0.39, 0.29) is 5.54 Å². The van der Waals surface area contributed by atoms with E-state index in [1.807, 2.05) is 0 Å². The topological polar surface area (TPSA) is 38.7 Å². The summed E-state index contributed by atoms with van der Waals surface area (Å²) in [6.45, 7) is 0. The average Bonchev–Trinajstić information content (AvgIpc) is 2.96. The van der Waals surface area contributed by atoms with E-state index in [2.05, 4.69) is 17.1 Å². The number of rotatable bonds is 3. The van der Waals surface area contributed by atoms with E-state index in [0.717, 1.165) is 49.8 Å². The van der Waals surface area contributed by atoms with Crippen LogP contribution in [-0.4, -0.2) is 13.2 Å². The van der Waals surface area contributed by atoms with Gasteiger partial charge in [-0.25, -0.2) is 4.79 Å². The number of hydrogen-bond donors (Lipinski definition) is 0. The molecule has 3 heteroatoms. The summed E-state index contributed by atoms with van der Waals surface area (Å²) in [4.78, 5) is 15.1. The lowest BCUT2D eigenvalue weighted by Gasteiger charge is -2.28. The van der Waals surface area contributed by atoms with Crippen LogP contribution in [0.5, 0.6) is 5.75 Å². The molecule has 0 unspecified atom stereocenters. The molecule has 0 atom stereocenters. The molecule has 0 N–H and O–H groups in total. The first-order valence-electron chi connectivity index (χ1n) is 7.58. The molecular weight excluding hydrogens is 250 g/mol. The number of nitrogens with zero attached hydrogens (tertiary/aromatic N) is 1. The predicted octanol–water partition coefficient (Wildman–Crippen LogP) is 3.68. The number of isocyanates is 1. The van der Waals surface area contributed by atoms with Gasteiger partial charge in [0.15, 0.2) is 0 Å². The van der Waals surface area contributed by atoms with Gasteiger partial charge in [-0.2, -0.15) is 4.99 Å². The third kappa shape index (κ3) is 2.16. The van der Waals surface area contributed by atoms with Crippen molar-refractivity contribution in [2.45, 2.75) is 56.9 Å². The van der Waals surface area contributed by atoms with Gasteiger partial charge in [-0.3, -0.25) is 0 Å². The molecule has 0 amide bonds. The zero-order chi connectivity index (χ0) is 14.0. The minimum atomic E-state index is -0.389. The van der Waals surface area contributed by atoms with E-state index >= 15 is 0 Å². The Hall–Kier alpha value is -1.60. The molecule has 3 nitrogen and oxygen atoms in total. The van der Waals surface area contributed by atoms with Crippen molar-refractivity contribution in [1.29, 1.82) is 0 Å². The summed E-state index contributed by atoms with van der Waals surface area (Å²) in [6, 6.07) is 4.42. The zero-order valence-corrected chi connectivity index (χ0v) is 12.1. The Morgan fingerprint density at radius 2 is 1.75 bits per heavy atom. The van der Waals surface area contributed by atoms with Gasteiger partial charge in [-0.05, 0) is 61.8 Å². The molecule has 0 spiro atoms. The first-order chi connectivity index (χ1) is 9.79. The van der Waals surface area contributed by atoms with Crippen LogP contribution in [0.25, 0.3) is 0 Å². The molecule has 1 fully saturated rings. The number of methoxy groups -OCH3 is 1. The van der Waals surface area contributed by atoms with Crippen molar-refractivity contribution >= 4 is 6.08 Å². The fourth-order valence-corrected chi connectivity index (χ4v) is 3.78. The molecule has 3 rings (SSSR count). The first kappa shape index (κ1) is 13.4. The Kier molecular flexibility index (Phi) is 3.62. The fourth-order valence-electron chi connectivity index (χ4n) is 3.78. The minimum absolute atomic E-state index is 0.389. The molecular formula is C17H21NO2. The number of benzene rings is 1. The monoisotopic (exact) mass is 271 g/mol. The SMILES string of the molecule is COc1cc2c(cc1C1(N=C=O)CCCC1)CCCC2.